The van der Waals surface area contributed by atoms with E-state index in [0.29, 0.717) is 33.7 Å². The number of nitrogens with two attached hydrogens (primary N) is 1. The van der Waals surface area contributed by atoms with Gasteiger partial charge in [-0.2, -0.15) is 8.78 Å². The lowest BCUT2D eigenvalue weighted by atomic mass is 9.92. The van der Waals surface area contributed by atoms with Gasteiger partial charge < -0.3 is 20.5 Å². The standard InChI is InChI=1S/C31H26ClF3N4O4/c1-14-6-17-7-18(9-25(43-31(34)35)26(17)37-11-14)30(41)38-12-20(15-2-3-15)24-10-19-21(29(36)40)13-42-28(19)27(39-24)16-4-5-23(33)22(32)8-16/h4-11,15,20-21,31H,2-3,12-13H2,1H3,(H2,36,40)(H,38,41). The van der Waals surface area contributed by atoms with Crippen LogP contribution in [0.5, 0.6) is 11.5 Å². The minimum absolute atomic E-state index is 0.0435. The second-order valence-corrected chi connectivity index (χ2v) is 11.2. The number of nitrogens with one attached hydrogen (secondary N) is 1. The van der Waals surface area contributed by atoms with Crippen molar-refractivity contribution in [3.8, 4) is 22.8 Å². The lowest BCUT2D eigenvalue weighted by Gasteiger charge is -2.20. The Bertz CT molecular complexity index is 1770. The van der Waals surface area contributed by atoms with Crippen molar-refractivity contribution in [3.63, 3.8) is 0 Å². The van der Waals surface area contributed by atoms with Crippen molar-refractivity contribution in [2.45, 2.75) is 38.2 Å². The summed E-state index contributed by atoms with van der Waals surface area (Å²) in [5, 5.41) is 3.32. The van der Waals surface area contributed by atoms with Gasteiger partial charge in [-0.05, 0) is 73.7 Å². The molecule has 43 heavy (non-hydrogen) atoms. The fourth-order valence-electron chi connectivity index (χ4n) is 5.46. The molecule has 2 unspecified atom stereocenters. The number of amides is 2. The zero-order chi connectivity index (χ0) is 30.4. The molecule has 3 N–H and O–H groups in total. The van der Waals surface area contributed by atoms with Crippen LogP contribution in [0.25, 0.3) is 22.2 Å². The Morgan fingerprint density at radius 3 is 2.67 bits per heavy atom. The molecule has 2 aromatic heterocycles. The highest BCUT2D eigenvalue weighted by Crippen LogP contribution is 2.47. The number of aromatic nitrogens is 2. The smallest absolute Gasteiger partial charge is 0.387 e. The summed E-state index contributed by atoms with van der Waals surface area (Å²) in [5.41, 5.74) is 8.88. The van der Waals surface area contributed by atoms with Crippen molar-refractivity contribution in [1.82, 2.24) is 15.3 Å². The summed E-state index contributed by atoms with van der Waals surface area (Å²) < 4.78 is 50.8. The highest BCUT2D eigenvalue weighted by molar-refractivity contribution is 6.31. The molecule has 4 aromatic rings. The molecule has 1 fully saturated rings. The Hall–Kier alpha value is -4.38. The molecule has 6 rings (SSSR count). The Morgan fingerprint density at radius 1 is 1.19 bits per heavy atom. The second kappa shape index (κ2) is 11.4. The van der Waals surface area contributed by atoms with Crippen LogP contribution in [0.4, 0.5) is 13.2 Å². The number of rotatable bonds is 9. The van der Waals surface area contributed by atoms with E-state index in [2.05, 4.69) is 15.0 Å². The first-order valence-corrected chi connectivity index (χ1v) is 14.0. The van der Waals surface area contributed by atoms with Gasteiger partial charge in [0.05, 0.1) is 5.02 Å². The number of primary amides is 1. The van der Waals surface area contributed by atoms with Crippen LogP contribution in [0.2, 0.25) is 5.02 Å². The largest absolute Gasteiger partial charge is 0.490 e. The number of nitrogens with zero attached hydrogens (tertiary/aromatic N) is 2. The van der Waals surface area contributed by atoms with Crippen LogP contribution < -0.4 is 20.5 Å². The van der Waals surface area contributed by atoms with Crippen molar-refractivity contribution in [1.29, 1.82) is 0 Å². The van der Waals surface area contributed by atoms with Gasteiger partial charge in [-0.15, -0.1) is 0 Å². The number of carbonyl (C=O) groups is 2. The van der Waals surface area contributed by atoms with E-state index in [1.54, 1.807) is 25.1 Å². The van der Waals surface area contributed by atoms with Crippen LogP contribution in [0.15, 0.2) is 48.7 Å². The van der Waals surface area contributed by atoms with Gasteiger partial charge in [0, 0.05) is 46.4 Å². The van der Waals surface area contributed by atoms with Crippen LogP contribution in [0.1, 0.15) is 51.9 Å². The summed E-state index contributed by atoms with van der Waals surface area (Å²) in [4.78, 5) is 34.7. The molecule has 2 amide bonds. The van der Waals surface area contributed by atoms with Gasteiger partial charge in [0.2, 0.25) is 5.91 Å². The summed E-state index contributed by atoms with van der Waals surface area (Å²) >= 11 is 6.06. The first kappa shape index (κ1) is 28.7. The van der Waals surface area contributed by atoms with Gasteiger partial charge in [0.15, 0.2) is 5.75 Å². The Labute approximate surface area is 249 Å². The molecule has 2 atom stereocenters. The highest BCUT2D eigenvalue weighted by Gasteiger charge is 2.38. The van der Waals surface area contributed by atoms with Crippen molar-refractivity contribution in [3.05, 3.63) is 81.9 Å². The van der Waals surface area contributed by atoms with Crippen molar-refractivity contribution >= 4 is 34.3 Å². The molecule has 3 heterocycles. The van der Waals surface area contributed by atoms with Gasteiger partial charge in [-0.1, -0.05) is 11.6 Å². The Morgan fingerprint density at radius 2 is 1.98 bits per heavy atom. The lowest BCUT2D eigenvalue weighted by molar-refractivity contribution is -0.119. The molecular weight excluding hydrogens is 585 g/mol. The predicted octanol–water partition coefficient (Wildman–Crippen LogP) is 5.88. The Balaban J connectivity index is 1.34. The minimum atomic E-state index is -3.09. The van der Waals surface area contributed by atoms with Gasteiger partial charge in [0.1, 0.15) is 35.3 Å². The number of carbonyl (C=O) groups excluding carboxylic acids is 2. The number of benzene rings is 2. The summed E-state index contributed by atoms with van der Waals surface area (Å²) in [6.45, 7) is -1.07. The molecule has 0 spiro atoms. The van der Waals surface area contributed by atoms with Crippen LogP contribution in [0.3, 0.4) is 0 Å². The number of ether oxygens (including phenoxy) is 2. The van der Waals surface area contributed by atoms with Crippen molar-refractivity contribution < 1.29 is 32.2 Å². The number of fused-ring (bicyclic) bond motifs is 2. The first-order valence-electron chi connectivity index (χ1n) is 13.6. The monoisotopic (exact) mass is 610 g/mol. The van der Waals surface area contributed by atoms with Crippen molar-refractivity contribution in [2.75, 3.05) is 13.2 Å². The third-order valence-corrected chi connectivity index (χ3v) is 8.03. The summed E-state index contributed by atoms with van der Waals surface area (Å²) in [6.07, 6.45) is 3.34. The number of pyridine rings is 2. The molecule has 8 nitrogen and oxygen atoms in total. The second-order valence-electron chi connectivity index (χ2n) is 10.8. The molecule has 2 aliphatic rings. The first-order chi connectivity index (χ1) is 20.6. The topological polar surface area (TPSA) is 116 Å². The van der Waals surface area contributed by atoms with Gasteiger partial charge in [-0.3, -0.25) is 14.6 Å². The number of hydrogen-bond donors (Lipinski definition) is 2. The summed E-state index contributed by atoms with van der Waals surface area (Å²) in [7, 11) is 0. The average Bonchev–Trinajstić information content (AvgIpc) is 3.70. The SMILES string of the molecule is Cc1cnc2c(OC(F)F)cc(C(=O)NCC(c3cc4c(c(-c5ccc(F)c(Cl)c5)n3)OCC4C(N)=O)C3CC3)cc2c1. The van der Waals surface area contributed by atoms with E-state index >= 15 is 0 Å². The molecule has 0 bridgehead atoms. The fraction of sp³-hybridized carbons (Fsp3) is 0.290. The van der Waals surface area contributed by atoms with E-state index in [-0.39, 0.29) is 46.8 Å². The molecule has 0 saturated heterocycles. The number of aryl methyl sites for hydroxylation is 1. The quantitative estimate of drug-likeness (QED) is 0.244. The molecule has 0 radical (unpaired) electrons. The van der Waals surface area contributed by atoms with E-state index in [1.807, 2.05) is 0 Å². The predicted molar refractivity (Wildman–Crippen MR) is 153 cm³/mol. The molecule has 2 aromatic carbocycles. The summed E-state index contributed by atoms with van der Waals surface area (Å²) in [5.74, 6) is -2.21. The van der Waals surface area contributed by atoms with E-state index < -0.39 is 30.2 Å². The maximum Gasteiger partial charge on any atom is 0.387 e. The van der Waals surface area contributed by atoms with Crippen LogP contribution in [-0.2, 0) is 4.79 Å². The van der Waals surface area contributed by atoms with Crippen LogP contribution in [0, 0.1) is 18.7 Å². The molecule has 222 valence electrons. The normalized spacial score (nSPS) is 16.6. The van der Waals surface area contributed by atoms with E-state index in [4.69, 9.17) is 27.1 Å². The lowest BCUT2D eigenvalue weighted by Crippen LogP contribution is -2.30. The van der Waals surface area contributed by atoms with Crippen molar-refractivity contribution in [2.24, 2.45) is 11.7 Å². The highest BCUT2D eigenvalue weighted by atomic mass is 35.5. The minimum Gasteiger partial charge on any atom is -0.490 e. The third kappa shape index (κ3) is 5.81. The van der Waals surface area contributed by atoms with Crippen LogP contribution in [-0.4, -0.2) is 41.5 Å². The fourth-order valence-corrected chi connectivity index (χ4v) is 5.65. The maximum atomic E-state index is 14.0. The third-order valence-electron chi connectivity index (χ3n) is 7.74. The van der Waals surface area contributed by atoms with E-state index in [9.17, 15) is 22.8 Å². The van der Waals surface area contributed by atoms with Gasteiger partial charge in [0.25, 0.3) is 5.91 Å². The number of hydrogen-bond acceptors (Lipinski definition) is 6. The van der Waals surface area contributed by atoms with E-state index in [1.165, 1.54) is 30.5 Å². The van der Waals surface area contributed by atoms with Gasteiger partial charge in [-0.25, -0.2) is 9.37 Å². The molecule has 1 saturated carbocycles. The maximum absolute atomic E-state index is 14.0. The summed E-state index contributed by atoms with van der Waals surface area (Å²) in [6, 6.07) is 10.5. The van der Waals surface area contributed by atoms with E-state index in [0.717, 1.165) is 18.4 Å². The average molecular weight is 611 g/mol. The number of alkyl halides is 2. The van der Waals surface area contributed by atoms with Gasteiger partial charge >= 0.3 is 6.61 Å². The molecular formula is C31H26ClF3N4O4. The molecule has 12 heteroatoms. The van der Waals surface area contributed by atoms with Crippen LogP contribution >= 0.6 is 11.6 Å². The molecule has 1 aliphatic carbocycles. The zero-order valence-electron chi connectivity index (χ0n) is 22.9. The Kier molecular flexibility index (Phi) is 7.59. The zero-order valence-corrected chi connectivity index (χ0v) is 23.6. The molecule has 1 aliphatic heterocycles. The number of halogens is 4.